The molecule has 0 bridgehead atoms. The molecule has 1 amide bonds. The number of para-hydroxylation sites is 1. The molecule has 3 aromatic heterocycles. The quantitative estimate of drug-likeness (QED) is 0.568. The fourth-order valence-corrected chi connectivity index (χ4v) is 3.72. The Morgan fingerprint density at radius 1 is 1.27 bits per heavy atom. The van der Waals surface area contributed by atoms with Gasteiger partial charge in [-0.2, -0.15) is 0 Å². The number of rotatable bonds is 5. The second kappa shape index (κ2) is 7.05. The van der Waals surface area contributed by atoms with Gasteiger partial charge in [-0.3, -0.25) is 14.8 Å². The molecule has 0 radical (unpaired) electrons. The Hall–Kier alpha value is -3.06. The van der Waals surface area contributed by atoms with Gasteiger partial charge in [-0.25, -0.2) is 4.98 Å². The summed E-state index contributed by atoms with van der Waals surface area (Å²) in [6, 6.07) is 7.97. The summed E-state index contributed by atoms with van der Waals surface area (Å²) < 4.78 is 0. The van der Waals surface area contributed by atoms with Gasteiger partial charge < -0.3 is 10.3 Å². The van der Waals surface area contributed by atoms with Gasteiger partial charge in [0.2, 0.25) is 0 Å². The van der Waals surface area contributed by atoms with Crippen LogP contribution in [0.15, 0.2) is 48.2 Å². The van der Waals surface area contributed by atoms with Gasteiger partial charge >= 0.3 is 0 Å². The molecule has 4 aromatic rings. The number of carbonyl (C=O) groups excluding carboxylic acids is 1. The number of amides is 1. The lowest BCUT2D eigenvalue weighted by Gasteiger charge is -2.04. The number of aromatic nitrogens is 4. The van der Waals surface area contributed by atoms with Crippen LogP contribution in [-0.4, -0.2) is 25.8 Å². The number of fused-ring (bicyclic) bond motifs is 1. The molecule has 0 unspecified atom stereocenters. The molecular weight excluding hydrogens is 346 g/mol. The van der Waals surface area contributed by atoms with E-state index in [1.54, 1.807) is 18.6 Å². The molecule has 0 spiro atoms. The first-order valence-electron chi connectivity index (χ1n) is 8.35. The minimum atomic E-state index is -0.118. The maximum Gasteiger partial charge on any atom is 0.268 e. The Bertz CT molecular complexity index is 1050. The largest absolute Gasteiger partial charge is 0.350 e. The van der Waals surface area contributed by atoms with Crippen LogP contribution in [-0.2, 0) is 13.0 Å². The van der Waals surface area contributed by atoms with E-state index in [0.29, 0.717) is 12.2 Å². The van der Waals surface area contributed by atoms with E-state index in [1.807, 2.05) is 29.6 Å². The van der Waals surface area contributed by atoms with Gasteiger partial charge in [-0.1, -0.05) is 25.1 Å². The smallest absolute Gasteiger partial charge is 0.268 e. The lowest BCUT2D eigenvalue weighted by Crippen LogP contribution is -2.24. The van der Waals surface area contributed by atoms with E-state index < -0.39 is 0 Å². The number of carbonyl (C=O) groups is 1. The van der Waals surface area contributed by atoms with Crippen LogP contribution >= 0.6 is 11.3 Å². The van der Waals surface area contributed by atoms with Gasteiger partial charge in [0.15, 0.2) is 0 Å². The summed E-state index contributed by atoms with van der Waals surface area (Å²) in [5, 5.41) is 6.77. The number of aromatic amines is 1. The molecule has 4 rings (SSSR count). The highest BCUT2D eigenvalue weighted by Crippen LogP contribution is 2.23. The zero-order chi connectivity index (χ0) is 17.9. The Kier molecular flexibility index (Phi) is 4.45. The van der Waals surface area contributed by atoms with Crippen LogP contribution in [0.25, 0.3) is 21.6 Å². The van der Waals surface area contributed by atoms with Crippen molar-refractivity contribution in [2.24, 2.45) is 0 Å². The average Bonchev–Trinajstić information content (AvgIpc) is 3.31. The summed E-state index contributed by atoms with van der Waals surface area (Å²) >= 11 is 1.49. The zero-order valence-corrected chi connectivity index (χ0v) is 15.0. The van der Waals surface area contributed by atoms with Gasteiger partial charge in [-0.15, -0.1) is 11.3 Å². The number of hydrogen-bond donors (Lipinski definition) is 2. The molecule has 0 atom stereocenters. The second-order valence-corrected chi connectivity index (χ2v) is 6.65. The molecule has 26 heavy (non-hydrogen) atoms. The van der Waals surface area contributed by atoms with Crippen LogP contribution in [0.1, 0.15) is 28.7 Å². The molecule has 7 heteroatoms. The highest BCUT2D eigenvalue weighted by molar-refractivity contribution is 7.13. The third-order valence-corrected chi connectivity index (χ3v) is 5.07. The third-order valence-electron chi connectivity index (χ3n) is 4.16. The molecule has 0 aliphatic rings. The summed E-state index contributed by atoms with van der Waals surface area (Å²) in [6.45, 7) is 2.42. The Morgan fingerprint density at radius 3 is 2.96 bits per heavy atom. The van der Waals surface area contributed by atoms with Crippen molar-refractivity contribution in [3.05, 3.63) is 65.2 Å². The molecule has 1 aromatic carbocycles. The predicted octanol–water partition coefficient (Wildman–Crippen LogP) is 3.57. The summed E-state index contributed by atoms with van der Waals surface area (Å²) in [5.74, 6) is -0.118. The van der Waals surface area contributed by atoms with Crippen LogP contribution in [0.3, 0.4) is 0 Å². The predicted molar refractivity (Wildman–Crippen MR) is 102 cm³/mol. The molecule has 130 valence electrons. The van der Waals surface area contributed by atoms with Gasteiger partial charge in [0.25, 0.3) is 5.91 Å². The van der Waals surface area contributed by atoms with E-state index in [4.69, 9.17) is 0 Å². The molecule has 2 N–H and O–H groups in total. The average molecular weight is 363 g/mol. The summed E-state index contributed by atoms with van der Waals surface area (Å²) in [5.41, 5.74) is 4.18. The number of H-pyrrole nitrogens is 1. The lowest BCUT2D eigenvalue weighted by molar-refractivity contribution is 0.0945. The number of hydrogen-bond acceptors (Lipinski definition) is 5. The van der Waals surface area contributed by atoms with Crippen LogP contribution < -0.4 is 5.32 Å². The molecular formula is C19H17N5OS. The standard InChI is InChI=1S/C19H17N5OS/c1-2-13-14-5-3-4-6-15(14)24-17(13)18(25)22-9-12-11-26-19(23-12)16-10-20-7-8-21-16/h3-8,10-11,24H,2,9H2,1H3,(H,22,25). The number of thiazole rings is 1. The maximum atomic E-state index is 12.7. The monoisotopic (exact) mass is 363 g/mol. The first kappa shape index (κ1) is 16.4. The highest BCUT2D eigenvalue weighted by atomic mass is 32.1. The van der Waals surface area contributed by atoms with Crippen LogP contribution in [0.5, 0.6) is 0 Å². The number of nitrogens with one attached hydrogen (secondary N) is 2. The van der Waals surface area contributed by atoms with Gasteiger partial charge in [-0.05, 0) is 18.1 Å². The Morgan fingerprint density at radius 2 is 2.15 bits per heavy atom. The van der Waals surface area contributed by atoms with Crippen molar-refractivity contribution in [1.82, 2.24) is 25.3 Å². The van der Waals surface area contributed by atoms with Gasteiger partial charge in [0.05, 0.1) is 18.4 Å². The maximum absolute atomic E-state index is 12.7. The zero-order valence-electron chi connectivity index (χ0n) is 14.2. The molecule has 0 aliphatic carbocycles. The molecule has 0 saturated heterocycles. The molecule has 0 fully saturated rings. The topological polar surface area (TPSA) is 83.6 Å². The van der Waals surface area contributed by atoms with E-state index in [0.717, 1.165) is 39.3 Å². The van der Waals surface area contributed by atoms with E-state index in [2.05, 4.69) is 32.2 Å². The van der Waals surface area contributed by atoms with Crippen molar-refractivity contribution in [2.45, 2.75) is 19.9 Å². The van der Waals surface area contributed by atoms with Crippen molar-refractivity contribution in [3.8, 4) is 10.7 Å². The SMILES string of the molecule is CCc1c(C(=O)NCc2csc(-c3cnccn3)n2)[nH]c2ccccc12. The number of benzene rings is 1. The normalized spacial score (nSPS) is 11.0. The minimum Gasteiger partial charge on any atom is -0.350 e. The lowest BCUT2D eigenvalue weighted by atomic mass is 10.1. The third kappa shape index (κ3) is 3.09. The van der Waals surface area contributed by atoms with Gasteiger partial charge in [0, 0.05) is 28.7 Å². The Balaban J connectivity index is 1.50. The molecule has 6 nitrogen and oxygen atoms in total. The fraction of sp³-hybridized carbons (Fsp3) is 0.158. The summed E-state index contributed by atoms with van der Waals surface area (Å²) in [6.07, 6.45) is 5.74. The minimum absolute atomic E-state index is 0.118. The van der Waals surface area contributed by atoms with Crippen molar-refractivity contribution in [2.75, 3.05) is 0 Å². The van der Waals surface area contributed by atoms with E-state index in [-0.39, 0.29) is 5.91 Å². The van der Waals surface area contributed by atoms with E-state index >= 15 is 0 Å². The van der Waals surface area contributed by atoms with Crippen molar-refractivity contribution in [3.63, 3.8) is 0 Å². The number of nitrogens with zero attached hydrogens (tertiary/aromatic N) is 3. The number of aryl methyl sites for hydroxylation is 1. The van der Waals surface area contributed by atoms with Crippen LogP contribution in [0.2, 0.25) is 0 Å². The fourth-order valence-electron chi connectivity index (χ4n) is 2.94. The molecule has 0 aliphatic heterocycles. The first-order chi connectivity index (χ1) is 12.8. The van der Waals surface area contributed by atoms with Crippen LogP contribution in [0, 0.1) is 0 Å². The van der Waals surface area contributed by atoms with Gasteiger partial charge in [0.1, 0.15) is 16.4 Å². The molecule has 0 saturated carbocycles. The van der Waals surface area contributed by atoms with E-state index in [1.165, 1.54) is 11.3 Å². The second-order valence-electron chi connectivity index (χ2n) is 5.80. The Labute approximate surface area is 154 Å². The summed E-state index contributed by atoms with van der Waals surface area (Å²) in [7, 11) is 0. The summed E-state index contributed by atoms with van der Waals surface area (Å²) in [4.78, 5) is 28.7. The first-order valence-corrected chi connectivity index (χ1v) is 9.22. The van der Waals surface area contributed by atoms with Crippen molar-refractivity contribution in [1.29, 1.82) is 0 Å². The van der Waals surface area contributed by atoms with E-state index in [9.17, 15) is 4.79 Å². The van der Waals surface area contributed by atoms with Crippen LogP contribution in [0.4, 0.5) is 0 Å². The molecule has 3 heterocycles. The highest BCUT2D eigenvalue weighted by Gasteiger charge is 2.16. The van der Waals surface area contributed by atoms with Crippen molar-refractivity contribution >= 4 is 28.1 Å². The van der Waals surface area contributed by atoms with Crippen molar-refractivity contribution < 1.29 is 4.79 Å².